The van der Waals surface area contributed by atoms with E-state index in [1.54, 1.807) is 32.3 Å². The molecule has 0 aromatic carbocycles. The number of fused-ring (bicyclic) bond motifs is 2. The van der Waals surface area contributed by atoms with Crippen LogP contribution in [0.15, 0.2) is 58.5 Å². The molecule has 1 unspecified atom stereocenters. The number of hydrogen-bond acceptors (Lipinski definition) is 10. The summed E-state index contributed by atoms with van der Waals surface area (Å²) in [6.07, 6.45) is 5.96. The molecule has 1 aliphatic carbocycles. The zero-order valence-corrected chi connectivity index (χ0v) is 27.4. The van der Waals surface area contributed by atoms with Gasteiger partial charge in [0.05, 0.1) is 29.7 Å². The van der Waals surface area contributed by atoms with E-state index in [0.29, 0.717) is 25.1 Å². The molecule has 2 bridgehead atoms. The Labute approximate surface area is 261 Å². The van der Waals surface area contributed by atoms with Gasteiger partial charge in [0, 0.05) is 56.4 Å². The Balaban J connectivity index is 2.60. The van der Waals surface area contributed by atoms with Crippen molar-refractivity contribution in [2.45, 2.75) is 71.5 Å². The van der Waals surface area contributed by atoms with Gasteiger partial charge in [-0.05, 0) is 53.1 Å². The van der Waals surface area contributed by atoms with E-state index in [4.69, 9.17) is 15.2 Å². The first-order chi connectivity index (χ1) is 20.7. The van der Waals surface area contributed by atoms with Crippen LogP contribution >= 0.6 is 0 Å². The number of hydrogen-bond donors (Lipinski definition) is 5. The molecule has 44 heavy (non-hydrogen) atoms. The fourth-order valence-electron chi connectivity index (χ4n) is 5.58. The number of carbonyl (C=O) groups excluding carboxylic acids is 3. The summed E-state index contributed by atoms with van der Waals surface area (Å²) >= 11 is 0. The molecule has 0 spiro atoms. The summed E-state index contributed by atoms with van der Waals surface area (Å²) < 4.78 is 11.5. The van der Waals surface area contributed by atoms with Crippen molar-refractivity contribution in [2.24, 2.45) is 23.5 Å². The summed E-state index contributed by atoms with van der Waals surface area (Å²) in [7, 11) is 6.91. The van der Waals surface area contributed by atoms with Crippen molar-refractivity contribution in [1.29, 1.82) is 0 Å². The van der Waals surface area contributed by atoms with E-state index in [1.165, 1.54) is 13.2 Å². The number of likely N-dealkylation sites (N-methyl/N-ethyl adjacent to an activating group) is 1. The van der Waals surface area contributed by atoms with Crippen LogP contribution < -0.4 is 16.4 Å². The highest BCUT2D eigenvalue weighted by Gasteiger charge is 2.33. The zero-order chi connectivity index (χ0) is 33.1. The molecule has 11 heteroatoms. The maximum Gasteiger partial charge on any atom is 0.251 e. The van der Waals surface area contributed by atoms with Crippen LogP contribution in [0.25, 0.3) is 0 Å². The molecule has 0 aromatic rings. The average molecular weight is 617 g/mol. The minimum Gasteiger partial charge on any atom is -0.390 e. The van der Waals surface area contributed by atoms with Gasteiger partial charge in [-0.3, -0.25) is 14.4 Å². The van der Waals surface area contributed by atoms with Crippen LogP contribution in [0.1, 0.15) is 47.0 Å². The molecule has 0 radical (unpaired) electrons. The lowest BCUT2D eigenvalue weighted by atomic mass is 9.83. The van der Waals surface area contributed by atoms with E-state index in [-0.39, 0.29) is 53.3 Å². The van der Waals surface area contributed by atoms with Crippen LogP contribution in [-0.4, -0.2) is 98.5 Å². The minimum atomic E-state index is -1.09. The fraction of sp³-hybridized carbons (Fsp3) is 0.606. The van der Waals surface area contributed by atoms with Crippen LogP contribution in [0.4, 0.5) is 0 Å². The molecule has 1 heterocycles. The molecule has 7 atom stereocenters. The molecule has 11 nitrogen and oxygen atoms in total. The SMILES string of the molecule is CO[C@H]1/C=C\C=C(/C)C(=O)NC2=CC(=O)C(NCCN(C)C)=C(C[C@@H](C)C[C@H](OC)[C@H](O)[C@@H](C)/C=C(\C)[C@@H]1CC(N)O)C2=O. The van der Waals surface area contributed by atoms with Crippen molar-refractivity contribution < 1.29 is 34.1 Å². The van der Waals surface area contributed by atoms with E-state index in [1.807, 2.05) is 45.8 Å². The number of methoxy groups -OCH3 is 2. The number of Topliss-reactive ketones (excluding diaryl/α,β-unsaturated/α-hetero) is 1. The highest BCUT2D eigenvalue weighted by molar-refractivity contribution is 6.23. The average Bonchev–Trinajstić information content (AvgIpc) is 2.95. The number of carbonyl (C=O) groups is 3. The Kier molecular flexibility index (Phi) is 14.8. The van der Waals surface area contributed by atoms with Crippen LogP contribution in [0.2, 0.25) is 0 Å². The lowest BCUT2D eigenvalue weighted by Crippen LogP contribution is -2.38. The minimum absolute atomic E-state index is 0.0847. The number of rotatable bonds is 8. The molecule has 1 aliphatic heterocycles. The second kappa shape index (κ2) is 17.5. The van der Waals surface area contributed by atoms with Gasteiger partial charge in [0.2, 0.25) is 11.6 Å². The Bertz CT molecular complexity index is 1180. The quantitative estimate of drug-likeness (QED) is 0.154. The molecular formula is C33H52N4O7. The van der Waals surface area contributed by atoms with Gasteiger partial charge in [0.1, 0.15) is 6.23 Å². The largest absolute Gasteiger partial charge is 0.390 e. The lowest BCUT2D eigenvalue weighted by molar-refractivity contribution is -0.120. The monoisotopic (exact) mass is 616 g/mol. The van der Waals surface area contributed by atoms with Crippen molar-refractivity contribution in [3.63, 3.8) is 0 Å². The molecular weight excluding hydrogens is 564 g/mol. The van der Waals surface area contributed by atoms with E-state index >= 15 is 0 Å². The van der Waals surface area contributed by atoms with Gasteiger partial charge in [-0.25, -0.2) is 0 Å². The first-order valence-electron chi connectivity index (χ1n) is 15.1. The summed E-state index contributed by atoms with van der Waals surface area (Å²) in [5, 5.41) is 27.1. The molecule has 246 valence electrons. The highest BCUT2D eigenvalue weighted by atomic mass is 16.5. The first kappa shape index (κ1) is 37.3. The molecule has 0 saturated heterocycles. The molecule has 2 rings (SSSR count). The molecule has 0 fully saturated rings. The number of aliphatic hydroxyl groups excluding tert-OH is 2. The predicted molar refractivity (Wildman–Crippen MR) is 170 cm³/mol. The Morgan fingerprint density at radius 1 is 1.16 bits per heavy atom. The second-order valence-electron chi connectivity index (χ2n) is 12.2. The van der Waals surface area contributed by atoms with E-state index in [2.05, 4.69) is 10.6 Å². The standard InChI is InChI=1S/C33H52N4O7/c1-19-14-24-30(35-12-13-37(5)6)26(38)18-25(32(24)41)36-33(42)20(2)10-9-11-27(43-7)23(17-29(34)39)21(3)16-22(4)31(40)28(15-19)44-8/h9-11,16,18-19,22-23,27-29,31,35,39-40H,12-15,17,34H2,1-8H3,(H,36,42)/b11-9-,20-10+,21-16+/t19-,22+,23+,27+,28+,29?,31-/m1/s1. The third-order valence-electron chi connectivity index (χ3n) is 8.14. The van der Waals surface area contributed by atoms with Crippen molar-refractivity contribution in [1.82, 2.24) is 15.5 Å². The molecule has 2 aliphatic rings. The van der Waals surface area contributed by atoms with Crippen molar-refractivity contribution in [3.05, 3.63) is 58.5 Å². The first-order valence-corrected chi connectivity index (χ1v) is 15.1. The van der Waals surface area contributed by atoms with Crippen LogP contribution in [-0.2, 0) is 23.9 Å². The van der Waals surface area contributed by atoms with Crippen LogP contribution in [0.3, 0.4) is 0 Å². The summed E-state index contributed by atoms with van der Waals surface area (Å²) in [6.45, 7) is 8.44. The van der Waals surface area contributed by atoms with Gasteiger partial charge in [0.15, 0.2) is 0 Å². The fourth-order valence-corrected chi connectivity index (χ4v) is 5.58. The summed E-state index contributed by atoms with van der Waals surface area (Å²) in [6, 6.07) is 0. The second-order valence-corrected chi connectivity index (χ2v) is 12.2. The highest BCUT2D eigenvalue weighted by Crippen LogP contribution is 2.30. The number of allylic oxidation sites excluding steroid dienone is 4. The Morgan fingerprint density at radius 2 is 1.84 bits per heavy atom. The third kappa shape index (κ3) is 10.6. The number of nitrogens with one attached hydrogen (secondary N) is 2. The molecule has 1 amide bonds. The Hall–Kier alpha value is -2.93. The van der Waals surface area contributed by atoms with E-state index in [0.717, 1.165) is 5.57 Å². The van der Waals surface area contributed by atoms with Crippen LogP contribution in [0, 0.1) is 17.8 Å². The van der Waals surface area contributed by atoms with Crippen LogP contribution in [0.5, 0.6) is 0 Å². The van der Waals surface area contributed by atoms with Crippen molar-refractivity contribution >= 4 is 17.5 Å². The van der Waals surface area contributed by atoms with Crippen molar-refractivity contribution in [3.8, 4) is 0 Å². The number of ether oxygens (including phenoxy) is 2. The maximum absolute atomic E-state index is 13.7. The summed E-state index contributed by atoms with van der Waals surface area (Å²) in [4.78, 5) is 42.0. The molecule has 0 aromatic heterocycles. The number of ketones is 2. The maximum atomic E-state index is 13.7. The van der Waals surface area contributed by atoms with Gasteiger partial charge in [-0.15, -0.1) is 0 Å². The topological polar surface area (TPSA) is 163 Å². The van der Waals surface area contributed by atoms with Gasteiger partial charge in [-0.2, -0.15) is 0 Å². The van der Waals surface area contributed by atoms with Gasteiger partial charge in [0.25, 0.3) is 5.91 Å². The summed E-state index contributed by atoms with van der Waals surface area (Å²) in [5.74, 6) is -2.14. The van der Waals surface area contributed by atoms with Gasteiger partial charge >= 0.3 is 0 Å². The van der Waals surface area contributed by atoms with E-state index < -0.39 is 36.2 Å². The smallest absolute Gasteiger partial charge is 0.251 e. The summed E-state index contributed by atoms with van der Waals surface area (Å²) in [5.41, 5.74) is 7.39. The van der Waals surface area contributed by atoms with Gasteiger partial charge < -0.3 is 41.0 Å². The molecule has 6 N–H and O–H groups in total. The number of nitrogens with zero attached hydrogens (tertiary/aromatic N) is 1. The van der Waals surface area contributed by atoms with Gasteiger partial charge in [-0.1, -0.05) is 43.7 Å². The number of amides is 1. The Morgan fingerprint density at radius 3 is 2.43 bits per heavy atom. The normalized spacial score (nSPS) is 31.9. The zero-order valence-electron chi connectivity index (χ0n) is 27.4. The van der Waals surface area contributed by atoms with E-state index in [9.17, 15) is 24.6 Å². The molecule has 0 saturated carbocycles. The number of nitrogens with two attached hydrogens (primary N) is 1. The van der Waals surface area contributed by atoms with Crippen molar-refractivity contribution in [2.75, 3.05) is 41.4 Å². The lowest BCUT2D eigenvalue weighted by Gasteiger charge is -2.30. The predicted octanol–water partition coefficient (Wildman–Crippen LogP) is 1.73. The number of aliphatic hydroxyl groups is 2. The third-order valence-corrected chi connectivity index (χ3v) is 8.14.